The molecule has 10 heteroatoms. The number of nitrogens with one attached hydrogen (secondary N) is 1. The molecule has 158 valence electrons. The van der Waals surface area contributed by atoms with Crippen molar-refractivity contribution in [1.82, 2.24) is 19.7 Å². The molecular formula is C21H20N6O4. The molecule has 1 N–H and O–H groups in total. The summed E-state index contributed by atoms with van der Waals surface area (Å²) in [6.07, 6.45) is 4.47. The first-order valence-corrected chi connectivity index (χ1v) is 9.72. The molecule has 0 aliphatic heterocycles. The number of benzene rings is 2. The van der Waals surface area contributed by atoms with Gasteiger partial charge in [0.25, 0.3) is 5.09 Å². The number of nitrogens with zero attached hydrogens (tertiary/aromatic N) is 5. The Morgan fingerprint density at radius 1 is 1.00 bits per heavy atom. The molecule has 0 unspecified atom stereocenters. The standard InChI is InChI=1S/C21H20N6O4/c28-27(29)31-13-5-4-12-30-18-10-8-16(9-11-18)25-20-19-14-24-26(21(19)23-15-22-20)17-6-2-1-3-7-17/h1-3,6-11,14-15H,4-5,12-13H2,(H,22,23,25). The van der Waals surface area contributed by atoms with Crippen LogP contribution in [0.2, 0.25) is 0 Å². The van der Waals surface area contributed by atoms with Gasteiger partial charge in [0.2, 0.25) is 0 Å². The average molecular weight is 420 g/mol. The van der Waals surface area contributed by atoms with E-state index in [0.717, 1.165) is 16.8 Å². The van der Waals surface area contributed by atoms with Crippen LogP contribution in [0.4, 0.5) is 11.5 Å². The third-order valence-corrected chi connectivity index (χ3v) is 4.49. The van der Waals surface area contributed by atoms with E-state index in [2.05, 4.69) is 25.2 Å². The highest BCUT2D eigenvalue weighted by Crippen LogP contribution is 2.25. The Kier molecular flexibility index (Phi) is 6.17. The van der Waals surface area contributed by atoms with Crippen molar-refractivity contribution in [3.63, 3.8) is 0 Å². The van der Waals surface area contributed by atoms with Crippen molar-refractivity contribution in [3.8, 4) is 11.4 Å². The van der Waals surface area contributed by atoms with Gasteiger partial charge in [-0.2, -0.15) is 5.10 Å². The molecule has 0 saturated heterocycles. The molecule has 0 aliphatic rings. The Hall–Kier alpha value is -4.21. The van der Waals surface area contributed by atoms with Crippen LogP contribution in [0.25, 0.3) is 16.7 Å². The largest absolute Gasteiger partial charge is 0.494 e. The molecule has 0 amide bonds. The highest BCUT2D eigenvalue weighted by molar-refractivity contribution is 5.89. The number of ether oxygens (including phenoxy) is 1. The fraction of sp³-hybridized carbons (Fsp3) is 0.190. The first-order chi connectivity index (χ1) is 15.2. The Morgan fingerprint density at radius 2 is 1.77 bits per heavy atom. The van der Waals surface area contributed by atoms with E-state index in [1.54, 1.807) is 10.9 Å². The van der Waals surface area contributed by atoms with E-state index in [-0.39, 0.29) is 6.61 Å². The fourth-order valence-electron chi connectivity index (χ4n) is 3.01. The van der Waals surface area contributed by atoms with E-state index in [9.17, 15) is 10.1 Å². The number of fused-ring (bicyclic) bond motifs is 1. The lowest BCUT2D eigenvalue weighted by molar-refractivity contribution is -0.757. The molecule has 0 bridgehead atoms. The second-order valence-corrected chi connectivity index (χ2v) is 6.61. The molecule has 0 fully saturated rings. The van der Waals surface area contributed by atoms with Crippen molar-refractivity contribution in [2.45, 2.75) is 12.8 Å². The molecule has 0 saturated carbocycles. The van der Waals surface area contributed by atoms with Gasteiger partial charge in [-0.1, -0.05) is 18.2 Å². The zero-order valence-corrected chi connectivity index (χ0v) is 16.5. The minimum atomic E-state index is -0.787. The molecule has 0 aliphatic carbocycles. The van der Waals surface area contributed by atoms with Gasteiger partial charge in [0.1, 0.15) is 17.9 Å². The van der Waals surface area contributed by atoms with Crippen LogP contribution in [0, 0.1) is 10.1 Å². The van der Waals surface area contributed by atoms with Gasteiger partial charge in [0, 0.05) is 5.69 Å². The summed E-state index contributed by atoms with van der Waals surface area (Å²) >= 11 is 0. The molecule has 4 rings (SSSR count). The van der Waals surface area contributed by atoms with E-state index < -0.39 is 5.09 Å². The van der Waals surface area contributed by atoms with E-state index in [0.29, 0.717) is 36.7 Å². The maximum absolute atomic E-state index is 10.1. The first kappa shape index (κ1) is 20.1. The Labute approximate surface area is 177 Å². The molecule has 0 radical (unpaired) electrons. The Balaban J connectivity index is 1.38. The first-order valence-electron chi connectivity index (χ1n) is 9.72. The van der Waals surface area contributed by atoms with E-state index >= 15 is 0 Å². The Bertz CT molecular complexity index is 1150. The third kappa shape index (κ3) is 5.04. The van der Waals surface area contributed by atoms with Crippen molar-refractivity contribution in [2.24, 2.45) is 0 Å². The molecule has 4 aromatic rings. The number of rotatable bonds is 10. The van der Waals surface area contributed by atoms with Crippen LogP contribution in [0.1, 0.15) is 12.8 Å². The molecule has 10 nitrogen and oxygen atoms in total. The number of hydrogen-bond acceptors (Lipinski definition) is 8. The molecule has 2 aromatic heterocycles. The topological polar surface area (TPSA) is 117 Å². The van der Waals surface area contributed by atoms with Gasteiger partial charge >= 0.3 is 0 Å². The lowest BCUT2D eigenvalue weighted by atomic mass is 10.3. The van der Waals surface area contributed by atoms with Crippen LogP contribution < -0.4 is 10.1 Å². The number of unbranched alkanes of at least 4 members (excludes halogenated alkanes) is 1. The lowest BCUT2D eigenvalue weighted by Crippen LogP contribution is -2.04. The van der Waals surface area contributed by atoms with Crippen LogP contribution in [-0.4, -0.2) is 38.0 Å². The molecule has 31 heavy (non-hydrogen) atoms. The summed E-state index contributed by atoms with van der Waals surface area (Å²) in [6.45, 7) is 0.534. The number of hydrogen-bond donors (Lipinski definition) is 1. The summed E-state index contributed by atoms with van der Waals surface area (Å²) in [5.41, 5.74) is 2.48. The molecule has 0 atom stereocenters. The highest BCUT2D eigenvalue weighted by atomic mass is 16.9. The predicted molar refractivity (Wildman–Crippen MR) is 114 cm³/mol. The zero-order valence-electron chi connectivity index (χ0n) is 16.5. The summed E-state index contributed by atoms with van der Waals surface area (Å²) < 4.78 is 7.42. The van der Waals surface area contributed by atoms with Gasteiger partial charge in [-0.3, -0.25) is 0 Å². The Morgan fingerprint density at radius 3 is 2.55 bits per heavy atom. The summed E-state index contributed by atoms with van der Waals surface area (Å²) in [4.78, 5) is 23.1. The molecule has 2 aromatic carbocycles. The number of para-hydroxylation sites is 1. The lowest BCUT2D eigenvalue weighted by Gasteiger charge is -2.09. The van der Waals surface area contributed by atoms with Crippen LogP contribution in [-0.2, 0) is 4.84 Å². The highest BCUT2D eigenvalue weighted by Gasteiger charge is 2.11. The van der Waals surface area contributed by atoms with E-state index in [1.807, 2.05) is 54.6 Å². The van der Waals surface area contributed by atoms with Crippen molar-refractivity contribution < 1.29 is 14.7 Å². The maximum atomic E-state index is 10.1. The van der Waals surface area contributed by atoms with Crippen LogP contribution >= 0.6 is 0 Å². The van der Waals surface area contributed by atoms with Crippen molar-refractivity contribution >= 4 is 22.5 Å². The fourth-order valence-corrected chi connectivity index (χ4v) is 3.01. The monoisotopic (exact) mass is 420 g/mol. The van der Waals surface area contributed by atoms with Gasteiger partial charge in [0.05, 0.1) is 30.5 Å². The number of aromatic nitrogens is 4. The van der Waals surface area contributed by atoms with Gasteiger partial charge in [-0.05, 0) is 49.2 Å². The van der Waals surface area contributed by atoms with E-state index in [1.165, 1.54) is 6.33 Å². The molecule has 0 spiro atoms. The summed E-state index contributed by atoms with van der Waals surface area (Å²) in [5, 5.41) is 17.9. The van der Waals surface area contributed by atoms with Gasteiger partial charge < -0.3 is 14.9 Å². The van der Waals surface area contributed by atoms with Crippen LogP contribution in [0.5, 0.6) is 5.75 Å². The minimum absolute atomic E-state index is 0.0769. The predicted octanol–water partition coefficient (Wildman–Crippen LogP) is 3.93. The van der Waals surface area contributed by atoms with Gasteiger partial charge in [-0.15, -0.1) is 10.1 Å². The normalized spacial score (nSPS) is 10.7. The average Bonchev–Trinajstić information content (AvgIpc) is 3.23. The summed E-state index contributed by atoms with van der Waals surface area (Å²) in [7, 11) is 0. The zero-order chi connectivity index (χ0) is 21.5. The van der Waals surface area contributed by atoms with E-state index in [4.69, 9.17) is 4.74 Å². The molecule has 2 heterocycles. The van der Waals surface area contributed by atoms with Crippen molar-refractivity contribution in [2.75, 3.05) is 18.5 Å². The minimum Gasteiger partial charge on any atom is -0.494 e. The van der Waals surface area contributed by atoms with Gasteiger partial charge in [0.15, 0.2) is 5.65 Å². The van der Waals surface area contributed by atoms with Crippen molar-refractivity contribution in [3.05, 3.63) is 77.2 Å². The van der Waals surface area contributed by atoms with Crippen LogP contribution in [0.15, 0.2) is 67.1 Å². The second-order valence-electron chi connectivity index (χ2n) is 6.61. The quantitative estimate of drug-likeness (QED) is 0.233. The van der Waals surface area contributed by atoms with Crippen LogP contribution in [0.3, 0.4) is 0 Å². The summed E-state index contributed by atoms with van der Waals surface area (Å²) in [6, 6.07) is 17.3. The maximum Gasteiger partial charge on any atom is 0.294 e. The second kappa shape index (κ2) is 9.53. The molecular weight excluding hydrogens is 400 g/mol. The van der Waals surface area contributed by atoms with Crippen molar-refractivity contribution in [1.29, 1.82) is 0 Å². The number of anilines is 2. The van der Waals surface area contributed by atoms with Gasteiger partial charge in [-0.25, -0.2) is 14.6 Å². The summed E-state index contributed by atoms with van der Waals surface area (Å²) in [5.74, 6) is 1.37. The smallest absolute Gasteiger partial charge is 0.294 e. The third-order valence-electron chi connectivity index (χ3n) is 4.49. The SMILES string of the molecule is O=[N+]([O-])OCCCCOc1ccc(Nc2ncnc3c2cnn3-c2ccccc2)cc1.